The Balaban J connectivity index is 1.62. The van der Waals surface area contributed by atoms with Gasteiger partial charge in [0.25, 0.3) is 0 Å². The second kappa shape index (κ2) is 9.82. The average molecular weight is 397 g/mol. The molecule has 1 aliphatic rings. The van der Waals surface area contributed by atoms with Gasteiger partial charge in [0.1, 0.15) is 11.5 Å². The highest BCUT2D eigenvalue weighted by Crippen LogP contribution is 2.34. The molecule has 2 aromatic rings. The van der Waals surface area contributed by atoms with Gasteiger partial charge in [-0.05, 0) is 55.3 Å². The number of amides is 3. The molecule has 0 bridgehead atoms. The summed E-state index contributed by atoms with van der Waals surface area (Å²) < 4.78 is 11.0. The van der Waals surface area contributed by atoms with E-state index in [4.69, 9.17) is 9.47 Å². The average Bonchev–Trinajstić information content (AvgIpc) is 3.15. The van der Waals surface area contributed by atoms with Crippen molar-refractivity contribution >= 4 is 29.0 Å². The van der Waals surface area contributed by atoms with Crippen LogP contribution in [0.4, 0.5) is 21.9 Å². The van der Waals surface area contributed by atoms with Gasteiger partial charge >= 0.3 is 6.03 Å². The normalized spacial score (nSPS) is 13.3. The smallest absolute Gasteiger partial charge is 0.323 e. The Hall–Kier alpha value is -3.22. The number of carbonyl (C=O) groups is 2. The van der Waals surface area contributed by atoms with Crippen LogP contribution in [0.2, 0.25) is 0 Å². The summed E-state index contributed by atoms with van der Waals surface area (Å²) in [6.07, 6.45) is 3.44. The fourth-order valence-electron chi connectivity index (χ4n) is 3.14. The zero-order chi connectivity index (χ0) is 20.6. The molecule has 1 aliphatic heterocycles. The minimum absolute atomic E-state index is 0.0612. The Labute approximate surface area is 171 Å². The number of urea groups is 1. The van der Waals surface area contributed by atoms with E-state index in [2.05, 4.69) is 17.6 Å². The minimum Gasteiger partial charge on any atom is -0.495 e. The molecule has 154 valence electrons. The lowest BCUT2D eigenvalue weighted by molar-refractivity contribution is -0.117. The molecule has 0 atom stereocenters. The molecular weight excluding hydrogens is 370 g/mol. The summed E-state index contributed by atoms with van der Waals surface area (Å²) in [7, 11) is 1.56. The summed E-state index contributed by atoms with van der Waals surface area (Å²) >= 11 is 0. The van der Waals surface area contributed by atoms with Crippen LogP contribution in [0.15, 0.2) is 42.5 Å². The summed E-state index contributed by atoms with van der Waals surface area (Å²) in [6.45, 7) is 3.45. The van der Waals surface area contributed by atoms with Gasteiger partial charge in [-0.3, -0.25) is 4.79 Å². The van der Waals surface area contributed by atoms with E-state index in [1.165, 1.54) is 0 Å². The maximum atomic E-state index is 12.4. The zero-order valence-electron chi connectivity index (χ0n) is 16.9. The first-order chi connectivity index (χ1) is 14.1. The van der Waals surface area contributed by atoms with Gasteiger partial charge in [0.2, 0.25) is 5.91 Å². The predicted octanol–water partition coefficient (Wildman–Crippen LogP) is 4.64. The third-order valence-corrected chi connectivity index (χ3v) is 4.68. The van der Waals surface area contributed by atoms with Crippen molar-refractivity contribution in [1.29, 1.82) is 0 Å². The number of nitrogens with zero attached hydrogens (tertiary/aromatic N) is 1. The number of nitrogens with one attached hydrogen (secondary N) is 2. The molecule has 3 rings (SSSR count). The van der Waals surface area contributed by atoms with Crippen LogP contribution in [-0.4, -0.2) is 32.2 Å². The molecule has 0 aliphatic carbocycles. The molecule has 2 N–H and O–H groups in total. The molecule has 0 saturated carbocycles. The largest absolute Gasteiger partial charge is 0.495 e. The van der Waals surface area contributed by atoms with Crippen LogP contribution in [0.25, 0.3) is 0 Å². The Kier molecular flexibility index (Phi) is 6.94. The Morgan fingerprint density at radius 3 is 2.48 bits per heavy atom. The van der Waals surface area contributed by atoms with E-state index in [9.17, 15) is 9.59 Å². The van der Waals surface area contributed by atoms with Crippen molar-refractivity contribution in [1.82, 2.24) is 0 Å². The third kappa shape index (κ3) is 5.40. The van der Waals surface area contributed by atoms with Crippen LogP contribution in [0.1, 0.15) is 32.6 Å². The van der Waals surface area contributed by atoms with E-state index in [-0.39, 0.29) is 11.9 Å². The van der Waals surface area contributed by atoms with Gasteiger partial charge in [0.05, 0.1) is 19.4 Å². The molecule has 29 heavy (non-hydrogen) atoms. The van der Waals surface area contributed by atoms with Crippen molar-refractivity contribution in [2.45, 2.75) is 32.6 Å². The lowest BCUT2D eigenvalue weighted by Crippen LogP contribution is -2.25. The highest BCUT2D eigenvalue weighted by molar-refractivity contribution is 6.01. The van der Waals surface area contributed by atoms with Crippen molar-refractivity contribution in [3.05, 3.63) is 42.5 Å². The van der Waals surface area contributed by atoms with Crippen LogP contribution in [0.5, 0.6) is 11.5 Å². The first-order valence-electron chi connectivity index (χ1n) is 9.90. The number of unbranched alkanes of at least 4 members (excludes halogenated alkanes) is 1. The Morgan fingerprint density at radius 1 is 1.10 bits per heavy atom. The number of methoxy groups -OCH3 is 1. The minimum atomic E-state index is -0.367. The molecule has 2 aromatic carbocycles. The molecular formula is C22H27N3O4. The quantitative estimate of drug-likeness (QED) is 0.636. The number of anilines is 3. The summed E-state index contributed by atoms with van der Waals surface area (Å²) in [5.41, 5.74) is 1.91. The van der Waals surface area contributed by atoms with Crippen molar-refractivity contribution < 1.29 is 19.1 Å². The van der Waals surface area contributed by atoms with Gasteiger partial charge in [0, 0.05) is 24.3 Å². The van der Waals surface area contributed by atoms with E-state index in [0.717, 1.165) is 25.0 Å². The second-order valence-corrected chi connectivity index (χ2v) is 6.84. The zero-order valence-corrected chi connectivity index (χ0v) is 16.9. The maximum absolute atomic E-state index is 12.4. The van der Waals surface area contributed by atoms with Crippen LogP contribution in [-0.2, 0) is 4.79 Å². The number of hydrogen-bond acceptors (Lipinski definition) is 4. The standard InChI is InChI=1S/C22H27N3O4/c1-3-4-14-29-18-10-7-16(8-11-18)23-22(27)24-17-9-12-20(28-2)19(15-17)25-13-5-6-21(25)26/h7-12,15H,3-6,13-14H2,1-2H3,(H2,23,24,27). The molecule has 0 radical (unpaired) electrons. The third-order valence-electron chi connectivity index (χ3n) is 4.68. The molecule has 0 aromatic heterocycles. The molecule has 1 saturated heterocycles. The number of carbonyl (C=O) groups excluding carboxylic acids is 2. The van der Waals surface area contributed by atoms with Crippen LogP contribution in [0.3, 0.4) is 0 Å². The van der Waals surface area contributed by atoms with Crippen LogP contribution in [0, 0.1) is 0 Å². The highest BCUT2D eigenvalue weighted by atomic mass is 16.5. The predicted molar refractivity (Wildman–Crippen MR) is 114 cm³/mol. The molecule has 7 nitrogen and oxygen atoms in total. The van der Waals surface area contributed by atoms with Gasteiger partial charge in [0.15, 0.2) is 0 Å². The Bertz CT molecular complexity index is 852. The Morgan fingerprint density at radius 2 is 1.83 bits per heavy atom. The molecule has 1 heterocycles. The second-order valence-electron chi connectivity index (χ2n) is 6.84. The number of ether oxygens (including phenoxy) is 2. The van der Waals surface area contributed by atoms with Crippen molar-refractivity contribution in [2.75, 3.05) is 35.8 Å². The van der Waals surface area contributed by atoms with Crippen molar-refractivity contribution in [2.24, 2.45) is 0 Å². The first-order valence-corrected chi connectivity index (χ1v) is 9.90. The highest BCUT2D eigenvalue weighted by Gasteiger charge is 2.24. The van der Waals surface area contributed by atoms with Gasteiger partial charge in [-0.15, -0.1) is 0 Å². The van der Waals surface area contributed by atoms with Gasteiger partial charge in [-0.2, -0.15) is 0 Å². The SMILES string of the molecule is CCCCOc1ccc(NC(=O)Nc2ccc(OC)c(N3CCCC3=O)c2)cc1. The monoisotopic (exact) mass is 397 g/mol. The van der Waals surface area contributed by atoms with Gasteiger partial charge < -0.3 is 25.0 Å². The van der Waals surface area contributed by atoms with Gasteiger partial charge in [-0.25, -0.2) is 4.79 Å². The summed E-state index contributed by atoms with van der Waals surface area (Å²) in [4.78, 5) is 26.1. The number of rotatable bonds is 8. The van der Waals surface area contributed by atoms with Crippen LogP contribution < -0.4 is 25.0 Å². The van der Waals surface area contributed by atoms with E-state index >= 15 is 0 Å². The number of hydrogen-bond donors (Lipinski definition) is 2. The lowest BCUT2D eigenvalue weighted by Gasteiger charge is -2.20. The summed E-state index contributed by atoms with van der Waals surface area (Å²) in [5, 5.41) is 5.60. The van der Waals surface area contributed by atoms with Gasteiger partial charge in [-0.1, -0.05) is 13.3 Å². The topological polar surface area (TPSA) is 79.9 Å². The van der Waals surface area contributed by atoms with E-state index in [1.54, 1.807) is 42.3 Å². The number of benzene rings is 2. The van der Waals surface area contributed by atoms with E-state index < -0.39 is 0 Å². The maximum Gasteiger partial charge on any atom is 0.323 e. The molecule has 0 unspecified atom stereocenters. The first kappa shape index (κ1) is 20.5. The fourth-order valence-corrected chi connectivity index (χ4v) is 3.14. The summed E-state index contributed by atoms with van der Waals surface area (Å²) in [6, 6.07) is 12.1. The fraction of sp³-hybridized carbons (Fsp3) is 0.364. The summed E-state index contributed by atoms with van der Waals surface area (Å²) in [5.74, 6) is 1.44. The lowest BCUT2D eigenvalue weighted by atomic mass is 10.2. The molecule has 3 amide bonds. The van der Waals surface area contributed by atoms with E-state index in [1.807, 2.05) is 12.1 Å². The van der Waals surface area contributed by atoms with Crippen molar-refractivity contribution in [3.63, 3.8) is 0 Å². The van der Waals surface area contributed by atoms with E-state index in [0.29, 0.717) is 42.4 Å². The molecule has 0 spiro atoms. The van der Waals surface area contributed by atoms with Crippen LogP contribution >= 0.6 is 0 Å². The van der Waals surface area contributed by atoms with Crippen molar-refractivity contribution in [3.8, 4) is 11.5 Å². The molecule has 1 fully saturated rings. The molecule has 7 heteroatoms.